The molecule has 0 radical (unpaired) electrons. The van der Waals surface area contributed by atoms with Gasteiger partial charge in [0.2, 0.25) is 5.88 Å². The summed E-state index contributed by atoms with van der Waals surface area (Å²) in [5, 5.41) is 8.99. The first-order chi connectivity index (χ1) is 10.2. The molecule has 0 aromatic carbocycles. The van der Waals surface area contributed by atoms with Gasteiger partial charge in [-0.3, -0.25) is 9.69 Å². The minimum atomic E-state index is -0.774. The molecule has 2 fully saturated rings. The molecule has 21 heavy (non-hydrogen) atoms. The molecular formula is C15H20N2O4. The average Bonchev–Trinajstić information content (AvgIpc) is 2.90. The number of ether oxygens (including phenoxy) is 2. The van der Waals surface area contributed by atoms with Crippen LogP contribution in [0.3, 0.4) is 0 Å². The van der Waals surface area contributed by atoms with E-state index in [0.29, 0.717) is 31.6 Å². The molecule has 0 spiro atoms. The molecule has 1 saturated carbocycles. The molecule has 114 valence electrons. The van der Waals surface area contributed by atoms with Crippen molar-refractivity contribution in [3.05, 3.63) is 24.4 Å². The summed E-state index contributed by atoms with van der Waals surface area (Å²) in [7, 11) is 0. The van der Waals surface area contributed by atoms with Crippen LogP contribution in [0.15, 0.2) is 24.4 Å². The Balaban J connectivity index is 1.54. The van der Waals surface area contributed by atoms with Gasteiger partial charge in [0, 0.05) is 24.8 Å². The number of carbonyl (C=O) groups is 1. The van der Waals surface area contributed by atoms with E-state index in [2.05, 4.69) is 4.98 Å². The molecule has 2 aliphatic rings. The van der Waals surface area contributed by atoms with Gasteiger partial charge >= 0.3 is 5.97 Å². The van der Waals surface area contributed by atoms with Gasteiger partial charge in [0.25, 0.3) is 0 Å². The van der Waals surface area contributed by atoms with Crippen molar-refractivity contribution in [3.8, 4) is 5.88 Å². The zero-order valence-electron chi connectivity index (χ0n) is 11.9. The molecule has 1 aliphatic carbocycles. The van der Waals surface area contributed by atoms with Crippen LogP contribution in [0, 0.1) is 5.92 Å². The van der Waals surface area contributed by atoms with E-state index in [4.69, 9.17) is 14.6 Å². The highest BCUT2D eigenvalue weighted by atomic mass is 16.5. The molecule has 6 heteroatoms. The van der Waals surface area contributed by atoms with Gasteiger partial charge in [0.1, 0.15) is 0 Å². The van der Waals surface area contributed by atoms with Crippen molar-refractivity contribution < 1.29 is 19.4 Å². The Morgan fingerprint density at radius 1 is 1.48 bits per heavy atom. The molecule has 1 aromatic rings. The Bertz CT molecular complexity index is 482. The highest BCUT2D eigenvalue weighted by molar-refractivity contribution is 5.69. The van der Waals surface area contributed by atoms with Crippen molar-refractivity contribution in [2.24, 2.45) is 5.92 Å². The summed E-state index contributed by atoms with van der Waals surface area (Å²) in [5.74, 6) is 0.246. The van der Waals surface area contributed by atoms with Gasteiger partial charge in [-0.15, -0.1) is 0 Å². The van der Waals surface area contributed by atoms with Gasteiger partial charge in [-0.2, -0.15) is 0 Å². The summed E-state index contributed by atoms with van der Waals surface area (Å²) in [6.07, 6.45) is 3.69. The lowest BCUT2D eigenvalue weighted by Gasteiger charge is -2.36. The van der Waals surface area contributed by atoms with Crippen LogP contribution in [0.2, 0.25) is 0 Å². The summed E-state index contributed by atoms with van der Waals surface area (Å²) in [6, 6.07) is 5.80. The smallest absolute Gasteiger partial charge is 0.317 e. The molecule has 0 bridgehead atoms. The first-order valence-electron chi connectivity index (χ1n) is 7.33. The molecule has 6 nitrogen and oxygen atoms in total. The Hall–Kier alpha value is -1.66. The third-order valence-corrected chi connectivity index (χ3v) is 4.19. The summed E-state index contributed by atoms with van der Waals surface area (Å²) in [4.78, 5) is 17.1. The maximum atomic E-state index is 10.9. The van der Waals surface area contributed by atoms with Crippen LogP contribution in [0.1, 0.15) is 12.8 Å². The number of pyridine rings is 1. The maximum Gasteiger partial charge on any atom is 0.317 e. The van der Waals surface area contributed by atoms with Crippen LogP contribution in [-0.2, 0) is 9.53 Å². The number of carboxylic acid groups (broad SMARTS) is 1. The van der Waals surface area contributed by atoms with Crippen molar-refractivity contribution in [2.45, 2.75) is 25.0 Å². The fourth-order valence-electron chi connectivity index (χ4n) is 3.27. The number of nitrogens with zero attached hydrogens (tertiary/aromatic N) is 2. The van der Waals surface area contributed by atoms with E-state index >= 15 is 0 Å². The van der Waals surface area contributed by atoms with Crippen molar-refractivity contribution in [3.63, 3.8) is 0 Å². The summed E-state index contributed by atoms with van der Waals surface area (Å²) < 4.78 is 11.5. The quantitative estimate of drug-likeness (QED) is 0.874. The predicted molar refractivity (Wildman–Crippen MR) is 75.2 cm³/mol. The standard InChI is InChI=1S/C15H20N2O4/c18-15(19)9-17-5-6-20-13-8-11(7-12(13)17)10-21-14-3-1-2-4-16-14/h1-4,11-13H,5-10H2,(H,18,19)/t11-,12-,13-/m1/s1. The molecule has 1 aromatic heterocycles. The van der Waals surface area contributed by atoms with E-state index in [1.54, 1.807) is 6.20 Å². The van der Waals surface area contributed by atoms with Crippen LogP contribution in [0.5, 0.6) is 5.88 Å². The third-order valence-electron chi connectivity index (χ3n) is 4.19. The molecule has 1 aliphatic heterocycles. The van der Waals surface area contributed by atoms with Crippen LogP contribution < -0.4 is 4.74 Å². The van der Waals surface area contributed by atoms with Crippen LogP contribution >= 0.6 is 0 Å². The number of hydrogen-bond donors (Lipinski definition) is 1. The normalized spacial score (nSPS) is 29.0. The highest BCUT2D eigenvalue weighted by Crippen LogP contribution is 2.34. The van der Waals surface area contributed by atoms with Gasteiger partial charge in [0.05, 0.1) is 25.9 Å². The van der Waals surface area contributed by atoms with E-state index in [9.17, 15) is 4.79 Å². The number of rotatable bonds is 5. The minimum Gasteiger partial charge on any atom is -0.480 e. The number of aromatic nitrogens is 1. The lowest BCUT2D eigenvalue weighted by Crippen LogP contribution is -2.50. The molecule has 0 amide bonds. The second kappa shape index (κ2) is 6.41. The lowest BCUT2D eigenvalue weighted by atomic mass is 10.1. The summed E-state index contributed by atoms with van der Waals surface area (Å²) in [6.45, 7) is 2.01. The Labute approximate surface area is 123 Å². The number of carboxylic acids is 1. The topological polar surface area (TPSA) is 71.9 Å². The first kappa shape index (κ1) is 14.3. The Kier molecular flexibility index (Phi) is 4.36. The van der Waals surface area contributed by atoms with Gasteiger partial charge in [-0.25, -0.2) is 4.98 Å². The number of fused-ring (bicyclic) bond motifs is 1. The van der Waals surface area contributed by atoms with Crippen LogP contribution in [0.4, 0.5) is 0 Å². The molecule has 1 saturated heterocycles. The Morgan fingerprint density at radius 3 is 3.14 bits per heavy atom. The van der Waals surface area contributed by atoms with Gasteiger partial charge in [0.15, 0.2) is 0 Å². The zero-order chi connectivity index (χ0) is 14.7. The number of aliphatic carboxylic acids is 1. The minimum absolute atomic E-state index is 0.0956. The fraction of sp³-hybridized carbons (Fsp3) is 0.600. The first-order valence-corrected chi connectivity index (χ1v) is 7.33. The number of morpholine rings is 1. The van der Waals surface area contributed by atoms with Crippen molar-refractivity contribution in [1.82, 2.24) is 9.88 Å². The molecule has 2 heterocycles. The van der Waals surface area contributed by atoms with Crippen LogP contribution in [0.25, 0.3) is 0 Å². The fourth-order valence-corrected chi connectivity index (χ4v) is 3.27. The van der Waals surface area contributed by atoms with Gasteiger partial charge < -0.3 is 14.6 Å². The predicted octanol–water partition coefficient (Wildman–Crippen LogP) is 1.02. The average molecular weight is 292 g/mol. The maximum absolute atomic E-state index is 10.9. The molecule has 0 unspecified atom stereocenters. The number of hydrogen-bond acceptors (Lipinski definition) is 5. The van der Waals surface area contributed by atoms with Crippen LogP contribution in [-0.4, -0.2) is 59.4 Å². The highest BCUT2D eigenvalue weighted by Gasteiger charge is 2.41. The molecule has 3 atom stereocenters. The molecular weight excluding hydrogens is 272 g/mol. The summed E-state index contributed by atoms with van der Waals surface area (Å²) in [5.41, 5.74) is 0. The lowest BCUT2D eigenvalue weighted by molar-refractivity contribution is -0.142. The van der Waals surface area contributed by atoms with E-state index in [1.807, 2.05) is 23.1 Å². The van der Waals surface area contributed by atoms with Gasteiger partial charge in [-0.1, -0.05) is 6.07 Å². The Morgan fingerprint density at radius 2 is 2.38 bits per heavy atom. The van der Waals surface area contributed by atoms with Crippen molar-refractivity contribution in [1.29, 1.82) is 0 Å². The monoisotopic (exact) mass is 292 g/mol. The second-order valence-corrected chi connectivity index (χ2v) is 5.66. The van der Waals surface area contributed by atoms with E-state index in [0.717, 1.165) is 12.8 Å². The van der Waals surface area contributed by atoms with Crippen molar-refractivity contribution in [2.75, 3.05) is 26.3 Å². The largest absolute Gasteiger partial charge is 0.480 e. The molecule has 1 N–H and O–H groups in total. The van der Waals surface area contributed by atoms with Gasteiger partial charge in [-0.05, 0) is 24.8 Å². The third kappa shape index (κ3) is 3.51. The second-order valence-electron chi connectivity index (χ2n) is 5.66. The zero-order valence-corrected chi connectivity index (χ0v) is 11.9. The molecule has 3 rings (SSSR count). The van der Waals surface area contributed by atoms with E-state index < -0.39 is 5.97 Å². The SMILES string of the molecule is O=C(O)CN1CCO[C@@H]2C[C@H](COc3ccccn3)C[C@H]21. The summed E-state index contributed by atoms with van der Waals surface area (Å²) >= 11 is 0. The van der Waals surface area contributed by atoms with E-state index in [1.165, 1.54) is 0 Å². The van der Waals surface area contributed by atoms with E-state index in [-0.39, 0.29) is 18.7 Å². The van der Waals surface area contributed by atoms with Crippen molar-refractivity contribution >= 4 is 5.97 Å².